The first kappa shape index (κ1) is 11.2. The zero-order chi connectivity index (χ0) is 11.5. The molecule has 86 valence electrons. The summed E-state index contributed by atoms with van der Waals surface area (Å²) in [5.74, 6) is 1.81. The number of rotatable bonds is 4. The molecule has 0 spiro atoms. The summed E-state index contributed by atoms with van der Waals surface area (Å²) in [4.78, 5) is 4.37. The number of furan rings is 1. The zero-order valence-corrected chi connectivity index (χ0v) is 10.3. The van der Waals surface area contributed by atoms with E-state index in [0.29, 0.717) is 0 Å². The first-order valence-electron chi connectivity index (χ1n) is 6.07. The van der Waals surface area contributed by atoms with E-state index in [-0.39, 0.29) is 0 Å². The van der Waals surface area contributed by atoms with Crippen molar-refractivity contribution in [2.24, 2.45) is 5.92 Å². The van der Waals surface area contributed by atoms with Crippen LogP contribution in [0.25, 0.3) is 11.0 Å². The van der Waals surface area contributed by atoms with Crippen molar-refractivity contribution < 1.29 is 4.42 Å². The van der Waals surface area contributed by atoms with Gasteiger partial charge in [-0.25, -0.2) is 0 Å². The van der Waals surface area contributed by atoms with Gasteiger partial charge in [-0.3, -0.25) is 4.98 Å². The van der Waals surface area contributed by atoms with Crippen molar-refractivity contribution in [3.8, 4) is 0 Å². The summed E-state index contributed by atoms with van der Waals surface area (Å²) in [7, 11) is 0. The van der Waals surface area contributed by atoms with Gasteiger partial charge in [0.25, 0.3) is 0 Å². The Morgan fingerprint density at radius 3 is 2.88 bits per heavy atom. The van der Waals surface area contributed by atoms with Gasteiger partial charge in [0, 0.05) is 18.0 Å². The lowest BCUT2D eigenvalue weighted by molar-refractivity contribution is 0.499. The van der Waals surface area contributed by atoms with E-state index >= 15 is 0 Å². The fourth-order valence-corrected chi connectivity index (χ4v) is 1.91. The van der Waals surface area contributed by atoms with Crippen LogP contribution in [0, 0.1) is 5.92 Å². The fourth-order valence-electron chi connectivity index (χ4n) is 1.91. The Morgan fingerprint density at radius 1 is 1.38 bits per heavy atom. The average Bonchev–Trinajstić information content (AvgIpc) is 2.68. The van der Waals surface area contributed by atoms with Crippen LogP contribution in [0.15, 0.2) is 22.7 Å². The first-order chi connectivity index (χ1) is 7.70. The highest BCUT2D eigenvalue weighted by atomic mass is 16.3. The topological polar surface area (TPSA) is 26.0 Å². The molecule has 0 amide bonds. The van der Waals surface area contributed by atoms with Crippen molar-refractivity contribution >= 4 is 11.0 Å². The standard InChI is InChI=1S/C14H19NO/c1-4-13-12-9-11(6-5-10(2)3)16-14(12)7-8-15-13/h7-10H,4-6H2,1-3H3. The van der Waals surface area contributed by atoms with Crippen LogP contribution in [0.5, 0.6) is 0 Å². The molecular formula is C14H19NO. The maximum absolute atomic E-state index is 5.82. The summed E-state index contributed by atoms with van der Waals surface area (Å²) < 4.78 is 5.82. The Labute approximate surface area is 96.7 Å². The van der Waals surface area contributed by atoms with Crippen LogP contribution in [0.3, 0.4) is 0 Å². The van der Waals surface area contributed by atoms with Crippen molar-refractivity contribution in [2.45, 2.75) is 40.0 Å². The van der Waals surface area contributed by atoms with Crippen molar-refractivity contribution in [1.82, 2.24) is 4.98 Å². The highest BCUT2D eigenvalue weighted by molar-refractivity contribution is 5.80. The number of fused-ring (bicyclic) bond motifs is 1. The highest BCUT2D eigenvalue weighted by Gasteiger charge is 2.08. The van der Waals surface area contributed by atoms with Crippen LogP contribution < -0.4 is 0 Å². The van der Waals surface area contributed by atoms with E-state index in [1.165, 1.54) is 11.8 Å². The highest BCUT2D eigenvalue weighted by Crippen LogP contribution is 2.23. The normalized spacial score (nSPS) is 11.5. The van der Waals surface area contributed by atoms with Gasteiger partial charge in [0.15, 0.2) is 0 Å². The van der Waals surface area contributed by atoms with Gasteiger partial charge in [-0.15, -0.1) is 0 Å². The van der Waals surface area contributed by atoms with Crippen molar-refractivity contribution in [3.63, 3.8) is 0 Å². The van der Waals surface area contributed by atoms with Crippen LogP contribution in [-0.4, -0.2) is 4.98 Å². The third-order valence-electron chi connectivity index (χ3n) is 2.88. The quantitative estimate of drug-likeness (QED) is 0.774. The Hall–Kier alpha value is -1.31. The molecule has 0 N–H and O–H groups in total. The van der Waals surface area contributed by atoms with Crippen LogP contribution >= 0.6 is 0 Å². The molecule has 0 aliphatic carbocycles. The lowest BCUT2D eigenvalue weighted by Crippen LogP contribution is -1.89. The van der Waals surface area contributed by atoms with Gasteiger partial charge in [-0.05, 0) is 30.9 Å². The van der Waals surface area contributed by atoms with Crippen LogP contribution in [-0.2, 0) is 12.8 Å². The molecule has 0 aliphatic rings. The summed E-state index contributed by atoms with van der Waals surface area (Å²) in [6.07, 6.45) is 4.99. The third kappa shape index (κ3) is 2.26. The average molecular weight is 217 g/mol. The minimum atomic E-state index is 0.719. The number of aromatic nitrogens is 1. The largest absolute Gasteiger partial charge is 0.461 e. The zero-order valence-electron chi connectivity index (χ0n) is 10.3. The van der Waals surface area contributed by atoms with Gasteiger partial charge >= 0.3 is 0 Å². The van der Waals surface area contributed by atoms with Crippen LogP contribution in [0.1, 0.15) is 38.6 Å². The molecular weight excluding hydrogens is 198 g/mol. The molecule has 0 radical (unpaired) electrons. The van der Waals surface area contributed by atoms with E-state index in [2.05, 4.69) is 31.8 Å². The number of nitrogens with zero attached hydrogens (tertiary/aromatic N) is 1. The summed E-state index contributed by atoms with van der Waals surface area (Å²) in [6, 6.07) is 4.11. The van der Waals surface area contributed by atoms with E-state index in [4.69, 9.17) is 4.42 Å². The Morgan fingerprint density at radius 2 is 2.19 bits per heavy atom. The predicted molar refractivity (Wildman–Crippen MR) is 66.5 cm³/mol. The molecule has 2 nitrogen and oxygen atoms in total. The SMILES string of the molecule is CCc1nccc2oc(CCC(C)C)cc12. The molecule has 0 fully saturated rings. The maximum Gasteiger partial charge on any atom is 0.137 e. The smallest absolute Gasteiger partial charge is 0.137 e. The number of pyridine rings is 1. The van der Waals surface area contributed by atoms with Gasteiger partial charge in [0.1, 0.15) is 11.3 Å². The van der Waals surface area contributed by atoms with Gasteiger partial charge in [0.2, 0.25) is 0 Å². The summed E-state index contributed by atoms with van der Waals surface area (Å²) in [5.41, 5.74) is 2.11. The molecule has 16 heavy (non-hydrogen) atoms. The molecule has 2 aromatic heterocycles. The number of aryl methyl sites for hydroxylation is 2. The molecule has 2 heteroatoms. The molecule has 2 aromatic rings. The molecule has 0 saturated heterocycles. The Balaban J connectivity index is 2.29. The second-order valence-electron chi connectivity index (χ2n) is 4.67. The maximum atomic E-state index is 5.82. The fraction of sp³-hybridized carbons (Fsp3) is 0.500. The molecule has 0 unspecified atom stereocenters. The van der Waals surface area contributed by atoms with Crippen LogP contribution in [0.4, 0.5) is 0 Å². The van der Waals surface area contributed by atoms with Gasteiger partial charge in [-0.1, -0.05) is 20.8 Å². The molecule has 0 atom stereocenters. The minimum absolute atomic E-state index is 0.719. The molecule has 2 heterocycles. The molecule has 0 aliphatic heterocycles. The molecule has 0 saturated carbocycles. The van der Waals surface area contributed by atoms with Crippen molar-refractivity contribution in [1.29, 1.82) is 0 Å². The minimum Gasteiger partial charge on any atom is -0.461 e. The lowest BCUT2D eigenvalue weighted by Gasteiger charge is -2.00. The Bertz CT molecular complexity index is 471. The predicted octanol–water partition coefficient (Wildman–Crippen LogP) is 3.98. The van der Waals surface area contributed by atoms with E-state index in [1.54, 1.807) is 0 Å². The number of hydrogen-bond acceptors (Lipinski definition) is 2. The lowest BCUT2D eigenvalue weighted by atomic mass is 10.1. The van der Waals surface area contributed by atoms with Crippen molar-refractivity contribution in [2.75, 3.05) is 0 Å². The summed E-state index contributed by atoms with van der Waals surface area (Å²) >= 11 is 0. The summed E-state index contributed by atoms with van der Waals surface area (Å²) in [5, 5.41) is 1.18. The second-order valence-corrected chi connectivity index (χ2v) is 4.67. The second kappa shape index (κ2) is 4.69. The van der Waals surface area contributed by atoms with Crippen molar-refractivity contribution in [3.05, 3.63) is 29.8 Å². The molecule has 0 bridgehead atoms. The monoisotopic (exact) mass is 217 g/mol. The van der Waals surface area contributed by atoms with Gasteiger partial charge in [-0.2, -0.15) is 0 Å². The van der Waals surface area contributed by atoms with E-state index in [1.807, 2.05) is 12.3 Å². The third-order valence-corrected chi connectivity index (χ3v) is 2.88. The van der Waals surface area contributed by atoms with Gasteiger partial charge in [0.05, 0.1) is 5.69 Å². The summed E-state index contributed by atoms with van der Waals surface area (Å²) in [6.45, 7) is 6.60. The van der Waals surface area contributed by atoms with Gasteiger partial charge < -0.3 is 4.42 Å². The Kier molecular flexibility index (Phi) is 3.28. The molecule has 2 rings (SSSR count). The number of hydrogen-bond donors (Lipinski definition) is 0. The first-order valence-corrected chi connectivity index (χ1v) is 6.07. The van der Waals surface area contributed by atoms with E-state index in [9.17, 15) is 0 Å². The van der Waals surface area contributed by atoms with E-state index < -0.39 is 0 Å². The molecule has 0 aromatic carbocycles. The van der Waals surface area contributed by atoms with Crippen LogP contribution in [0.2, 0.25) is 0 Å². The van der Waals surface area contributed by atoms with E-state index in [0.717, 1.165) is 35.8 Å².